The van der Waals surface area contributed by atoms with Crippen LogP contribution in [0, 0.1) is 11.3 Å². The summed E-state index contributed by atoms with van der Waals surface area (Å²) in [6, 6.07) is 75.1. The third-order valence-corrected chi connectivity index (χ3v) is 16.9. The third kappa shape index (κ3) is 5.02. The molecule has 0 unspecified atom stereocenters. The largest absolute Gasteiger partial charge is 0.308 e. The van der Waals surface area contributed by atoms with E-state index in [2.05, 4.69) is 213 Å². The number of aromatic nitrogens is 6. The van der Waals surface area contributed by atoms with Gasteiger partial charge in [0.05, 0.1) is 61.2 Å². The Morgan fingerprint density at radius 2 is 0.662 bits per heavy atom. The number of rotatable bonds is 5. The summed E-state index contributed by atoms with van der Waals surface area (Å²) in [6.45, 7) is 0. The van der Waals surface area contributed by atoms with Crippen molar-refractivity contribution in [3.05, 3.63) is 231 Å². The van der Waals surface area contributed by atoms with Gasteiger partial charge in [-0.1, -0.05) is 146 Å². The number of pyridine rings is 3. The molecule has 6 heterocycles. The second-order valence-corrected chi connectivity index (χ2v) is 20.4. The summed E-state index contributed by atoms with van der Waals surface area (Å²) in [7, 11) is 0. The molecule has 0 aliphatic heterocycles. The van der Waals surface area contributed by atoms with E-state index in [9.17, 15) is 5.26 Å². The van der Waals surface area contributed by atoms with E-state index in [0.29, 0.717) is 5.56 Å². The molecule has 0 saturated carbocycles. The lowest BCUT2D eigenvalue weighted by molar-refractivity contribution is 1.09. The van der Waals surface area contributed by atoms with Crippen LogP contribution in [-0.2, 0) is 0 Å². The minimum atomic E-state index is 0.548. The molecular formula is C70H37N7. The van der Waals surface area contributed by atoms with Gasteiger partial charge in [-0.05, 0) is 92.7 Å². The van der Waals surface area contributed by atoms with Gasteiger partial charge in [-0.3, -0.25) is 15.0 Å². The molecule has 7 heteroatoms. The maximum absolute atomic E-state index is 12.8. The van der Waals surface area contributed by atoms with E-state index in [1.807, 2.05) is 36.9 Å². The molecule has 77 heavy (non-hydrogen) atoms. The first-order valence-corrected chi connectivity index (χ1v) is 26.1. The molecule has 0 saturated heterocycles. The van der Waals surface area contributed by atoms with Gasteiger partial charge in [0.1, 0.15) is 11.6 Å². The molecule has 18 rings (SSSR count). The van der Waals surface area contributed by atoms with E-state index >= 15 is 0 Å². The molecule has 0 aliphatic carbocycles. The van der Waals surface area contributed by atoms with Gasteiger partial charge in [0.2, 0.25) is 0 Å². The molecular weight excluding hydrogens is 939 g/mol. The van der Waals surface area contributed by atoms with Crippen LogP contribution < -0.4 is 0 Å². The Hall–Kier alpha value is -10.7. The summed E-state index contributed by atoms with van der Waals surface area (Å²) in [5.74, 6) is 0. The second kappa shape index (κ2) is 14.8. The van der Waals surface area contributed by atoms with Crippen LogP contribution in [0.2, 0.25) is 0 Å². The highest BCUT2D eigenvalue weighted by atomic mass is 15.1. The van der Waals surface area contributed by atoms with E-state index in [0.717, 1.165) is 164 Å². The van der Waals surface area contributed by atoms with Gasteiger partial charge in [0.15, 0.2) is 0 Å². The highest BCUT2D eigenvalue weighted by Gasteiger charge is 2.35. The fraction of sp³-hybridized carbons (Fsp3) is 0. The Morgan fingerprint density at radius 3 is 1.09 bits per heavy atom. The molecule has 352 valence electrons. The Kier molecular flexibility index (Phi) is 7.81. The summed E-state index contributed by atoms with van der Waals surface area (Å²) >= 11 is 0. The monoisotopic (exact) mass is 975 g/mol. The van der Waals surface area contributed by atoms with Crippen molar-refractivity contribution in [2.75, 3.05) is 0 Å². The van der Waals surface area contributed by atoms with Crippen molar-refractivity contribution >= 4 is 130 Å². The number of nitrogens with zero attached hydrogens (tertiary/aromatic N) is 7. The Morgan fingerprint density at radius 1 is 0.299 bits per heavy atom. The predicted octanol–water partition coefficient (Wildman–Crippen LogP) is 17.6. The normalized spacial score (nSPS) is 12.4. The van der Waals surface area contributed by atoms with Crippen LogP contribution in [0.25, 0.3) is 170 Å². The first kappa shape index (κ1) is 40.8. The number of nitriles is 1. The molecule has 6 aromatic heterocycles. The second-order valence-electron chi connectivity index (χ2n) is 20.4. The lowest BCUT2D eigenvalue weighted by Gasteiger charge is -2.28. The molecule has 0 spiro atoms. The number of benzene rings is 12. The van der Waals surface area contributed by atoms with Crippen molar-refractivity contribution in [3.8, 4) is 45.4 Å². The molecule has 18 aromatic rings. The van der Waals surface area contributed by atoms with Crippen molar-refractivity contribution in [3.63, 3.8) is 0 Å². The van der Waals surface area contributed by atoms with Crippen LogP contribution >= 0.6 is 0 Å². The average Bonchev–Trinajstić information content (AvgIpc) is 4.32. The molecule has 12 aromatic carbocycles. The summed E-state index contributed by atoms with van der Waals surface area (Å²) in [5, 5.41) is 30.8. The van der Waals surface area contributed by atoms with Crippen LogP contribution in [0.4, 0.5) is 0 Å². The zero-order valence-electron chi connectivity index (χ0n) is 41.0. The first-order valence-electron chi connectivity index (χ1n) is 26.1. The molecule has 0 bridgehead atoms. The summed E-state index contributed by atoms with van der Waals surface area (Å²) < 4.78 is 7.36. The van der Waals surface area contributed by atoms with Gasteiger partial charge < -0.3 is 13.7 Å². The molecule has 0 radical (unpaired) electrons. The molecule has 7 nitrogen and oxygen atoms in total. The molecule has 0 aliphatic rings. The highest BCUT2D eigenvalue weighted by Crippen LogP contribution is 2.55. The fourth-order valence-corrected chi connectivity index (χ4v) is 14.1. The minimum Gasteiger partial charge on any atom is -0.308 e. The first-order chi connectivity index (χ1) is 38.3. The van der Waals surface area contributed by atoms with Gasteiger partial charge in [0.25, 0.3) is 0 Å². The van der Waals surface area contributed by atoms with Gasteiger partial charge in [0, 0.05) is 95.2 Å². The number of hydrogen-bond donors (Lipinski definition) is 0. The van der Waals surface area contributed by atoms with Crippen LogP contribution in [0.5, 0.6) is 0 Å². The zero-order valence-corrected chi connectivity index (χ0v) is 41.0. The molecule has 0 atom stereocenters. The number of fused-ring (bicyclic) bond motifs is 9. The van der Waals surface area contributed by atoms with E-state index in [1.165, 1.54) is 5.39 Å². The topological polar surface area (TPSA) is 77.2 Å². The van der Waals surface area contributed by atoms with Gasteiger partial charge in [-0.25, -0.2) is 0 Å². The van der Waals surface area contributed by atoms with Gasteiger partial charge in [-0.2, -0.15) is 5.26 Å². The van der Waals surface area contributed by atoms with Crippen LogP contribution in [0.3, 0.4) is 0 Å². The van der Waals surface area contributed by atoms with Crippen molar-refractivity contribution in [1.29, 1.82) is 5.26 Å². The SMILES string of the molecule is N#Cc1c(-n2c3cccc4c5ccncc5c5cccc2c5c43)c(-c2ccccc2)c(-n2c3cccc4c5cccnc5c5cccc2c5c43)c(-c2ccccc2)c1-n1c2cccc3c4cccnc4c4cccc1c4c32. The Labute approximate surface area is 438 Å². The minimum absolute atomic E-state index is 0.548. The van der Waals surface area contributed by atoms with Crippen molar-refractivity contribution < 1.29 is 0 Å². The smallest absolute Gasteiger partial charge is 0.104 e. The maximum Gasteiger partial charge on any atom is 0.104 e. The van der Waals surface area contributed by atoms with E-state index in [4.69, 9.17) is 9.97 Å². The zero-order chi connectivity index (χ0) is 50.2. The lowest BCUT2D eigenvalue weighted by atomic mass is 9.88. The predicted molar refractivity (Wildman–Crippen MR) is 317 cm³/mol. The van der Waals surface area contributed by atoms with Gasteiger partial charge in [-0.15, -0.1) is 0 Å². The standard InChI is InChI=1S/C70H37N7/c71-37-50-68(75-52-27-7-19-42-41-33-36-72-38-51(41)45-22-10-29-54(75)63(45)60(42)52)58(39-15-3-1-4-16-39)70(77-55-30-9-21-44-47-26-14-35-74-67(47)49-24-12-32-57(77)65(49)62(44)55)59(40-17-5-2-6-18-40)69(50)76-53-28-8-20-43-46-25-13-34-73-66(46)48-23-11-31-56(76)64(48)61(43)53/h1-36,38H. The maximum atomic E-state index is 12.8. The van der Waals surface area contributed by atoms with E-state index in [-0.39, 0.29) is 0 Å². The van der Waals surface area contributed by atoms with Crippen molar-refractivity contribution in [1.82, 2.24) is 28.7 Å². The molecule has 0 N–H and O–H groups in total. The van der Waals surface area contributed by atoms with Crippen LogP contribution in [0.1, 0.15) is 5.56 Å². The quantitative estimate of drug-likeness (QED) is 0.161. The fourth-order valence-electron chi connectivity index (χ4n) is 14.1. The van der Waals surface area contributed by atoms with E-state index < -0.39 is 0 Å². The summed E-state index contributed by atoms with van der Waals surface area (Å²) in [6.07, 6.45) is 7.69. The van der Waals surface area contributed by atoms with Crippen LogP contribution in [-0.4, -0.2) is 28.7 Å². The lowest BCUT2D eigenvalue weighted by Crippen LogP contribution is -2.13. The van der Waals surface area contributed by atoms with Crippen LogP contribution in [0.15, 0.2) is 225 Å². The Bertz CT molecular complexity index is 5070. The number of hydrogen-bond acceptors (Lipinski definition) is 4. The van der Waals surface area contributed by atoms with Crippen molar-refractivity contribution in [2.45, 2.75) is 0 Å². The molecule has 0 amide bonds. The summed E-state index contributed by atoms with van der Waals surface area (Å²) in [5.41, 5.74) is 15.0. The van der Waals surface area contributed by atoms with E-state index in [1.54, 1.807) is 0 Å². The highest BCUT2D eigenvalue weighted by molar-refractivity contribution is 6.37. The third-order valence-electron chi connectivity index (χ3n) is 16.9. The average molecular weight is 976 g/mol. The summed E-state index contributed by atoms with van der Waals surface area (Å²) in [4.78, 5) is 14.8. The Balaban J connectivity index is 1.17. The van der Waals surface area contributed by atoms with Crippen molar-refractivity contribution in [2.24, 2.45) is 0 Å². The molecule has 0 fully saturated rings. The van der Waals surface area contributed by atoms with Gasteiger partial charge >= 0.3 is 0 Å².